The van der Waals surface area contributed by atoms with E-state index in [1.807, 2.05) is 13.8 Å². The van der Waals surface area contributed by atoms with E-state index < -0.39 is 0 Å². The summed E-state index contributed by atoms with van der Waals surface area (Å²) >= 11 is 1.62. The lowest BCUT2D eigenvalue weighted by atomic mass is 10.0. The minimum absolute atomic E-state index is 0.00694. The van der Waals surface area contributed by atoms with Gasteiger partial charge in [-0.25, -0.2) is 0 Å². The van der Waals surface area contributed by atoms with Gasteiger partial charge >= 0.3 is 0 Å². The summed E-state index contributed by atoms with van der Waals surface area (Å²) in [6, 6.07) is 0.00694. The normalized spacial score (nSPS) is 23.9. The second kappa shape index (κ2) is 3.30. The zero-order valence-corrected chi connectivity index (χ0v) is 7.70. The molecule has 3 heteroatoms. The van der Waals surface area contributed by atoms with Crippen molar-refractivity contribution in [2.24, 2.45) is 5.92 Å². The van der Waals surface area contributed by atoms with Gasteiger partial charge in [-0.3, -0.25) is 4.79 Å². The van der Waals surface area contributed by atoms with Crippen molar-refractivity contribution in [2.45, 2.75) is 19.9 Å². The summed E-state index contributed by atoms with van der Waals surface area (Å²) in [5.74, 6) is 1.26. The average molecular weight is 171 g/mol. The number of thioether (sulfide) groups is 1. The highest BCUT2D eigenvalue weighted by Crippen LogP contribution is 2.22. The molecule has 1 unspecified atom stereocenters. The van der Waals surface area contributed by atoms with E-state index >= 15 is 0 Å². The molecular formula is C8H13NOS. The first-order valence-corrected chi connectivity index (χ1v) is 4.72. The fraction of sp³-hybridized carbons (Fsp3) is 0.625. The van der Waals surface area contributed by atoms with Crippen molar-refractivity contribution >= 4 is 17.5 Å². The number of hydrogen-bond acceptors (Lipinski definition) is 3. The Morgan fingerprint density at radius 1 is 1.82 bits per heavy atom. The summed E-state index contributed by atoms with van der Waals surface area (Å²) in [5.41, 5.74) is 0. The number of rotatable bonds is 2. The Kier molecular flexibility index (Phi) is 2.60. The van der Waals surface area contributed by atoms with Crippen LogP contribution in [0.4, 0.5) is 0 Å². The van der Waals surface area contributed by atoms with Crippen molar-refractivity contribution in [3.8, 4) is 0 Å². The van der Waals surface area contributed by atoms with Crippen LogP contribution in [0.25, 0.3) is 0 Å². The summed E-state index contributed by atoms with van der Waals surface area (Å²) < 4.78 is 0. The van der Waals surface area contributed by atoms with Crippen molar-refractivity contribution in [1.82, 2.24) is 5.32 Å². The van der Waals surface area contributed by atoms with Crippen LogP contribution in [0.5, 0.6) is 0 Å². The molecule has 0 saturated carbocycles. The van der Waals surface area contributed by atoms with Crippen molar-refractivity contribution < 1.29 is 4.79 Å². The van der Waals surface area contributed by atoms with Crippen molar-refractivity contribution in [3.05, 3.63) is 11.6 Å². The van der Waals surface area contributed by atoms with Gasteiger partial charge in [-0.15, -0.1) is 11.8 Å². The molecule has 62 valence electrons. The lowest BCUT2D eigenvalue weighted by Gasteiger charge is -2.10. The van der Waals surface area contributed by atoms with Crippen LogP contribution < -0.4 is 5.32 Å². The van der Waals surface area contributed by atoms with Gasteiger partial charge in [0.25, 0.3) is 0 Å². The summed E-state index contributed by atoms with van der Waals surface area (Å²) in [6.45, 7) is 7.60. The first-order valence-electron chi connectivity index (χ1n) is 3.73. The fourth-order valence-corrected chi connectivity index (χ4v) is 1.86. The van der Waals surface area contributed by atoms with E-state index in [9.17, 15) is 4.79 Å². The zero-order chi connectivity index (χ0) is 8.43. The Hall–Kier alpha value is -0.440. The Balaban J connectivity index is 2.50. The zero-order valence-electron chi connectivity index (χ0n) is 6.89. The fourth-order valence-electron chi connectivity index (χ4n) is 1.02. The Labute approximate surface area is 71.4 Å². The van der Waals surface area contributed by atoms with E-state index in [1.165, 1.54) is 0 Å². The minimum Gasteiger partial charge on any atom is -0.370 e. The van der Waals surface area contributed by atoms with E-state index in [0.29, 0.717) is 0 Å². The summed E-state index contributed by atoms with van der Waals surface area (Å²) in [4.78, 5) is 11.4. The molecule has 1 fully saturated rings. The topological polar surface area (TPSA) is 29.1 Å². The summed E-state index contributed by atoms with van der Waals surface area (Å²) in [6.07, 6.45) is 0. The Morgan fingerprint density at radius 2 is 2.45 bits per heavy atom. The second-order valence-electron chi connectivity index (χ2n) is 2.99. The van der Waals surface area contributed by atoms with E-state index in [1.54, 1.807) is 11.8 Å². The SMILES string of the molecule is C=C1NC(C(=O)C(C)C)CS1. The molecule has 1 saturated heterocycles. The molecule has 0 bridgehead atoms. The van der Waals surface area contributed by atoms with Crippen LogP contribution in [0.1, 0.15) is 13.8 Å². The second-order valence-corrected chi connectivity index (χ2v) is 4.10. The van der Waals surface area contributed by atoms with Gasteiger partial charge in [0.1, 0.15) is 0 Å². The third-order valence-electron chi connectivity index (χ3n) is 1.67. The van der Waals surface area contributed by atoms with E-state index in [0.717, 1.165) is 10.8 Å². The summed E-state index contributed by atoms with van der Waals surface area (Å²) in [5, 5.41) is 3.97. The molecule has 0 spiro atoms. The maximum absolute atomic E-state index is 11.4. The molecule has 1 aliphatic heterocycles. The van der Waals surface area contributed by atoms with Gasteiger partial charge in [-0.2, -0.15) is 0 Å². The number of carbonyl (C=O) groups excluding carboxylic acids is 1. The van der Waals surface area contributed by atoms with Gasteiger partial charge in [-0.05, 0) is 0 Å². The molecule has 0 aromatic heterocycles. The first-order chi connectivity index (χ1) is 5.11. The Bertz CT molecular complexity index is 189. The largest absolute Gasteiger partial charge is 0.370 e. The number of nitrogens with one attached hydrogen (secondary N) is 1. The first kappa shape index (κ1) is 8.65. The van der Waals surface area contributed by atoms with Crippen LogP contribution in [0.3, 0.4) is 0 Å². The lowest BCUT2D eigenvalue weighted by Crippen LogP contribution is -2.35. The molecule has 11 heavy (non-hydrogen) atoms. The van der Waals surface area contributed by atoms with Crippen LogP contribution in [0.2, 0.25) is 0 Å². The van der Waals surface area contributed by atoms with Gasteiger partial charge in [0.2, 0.25) is 0 Å². The van der Waals surface area contributed by atoms with E-state index in [2.05, 4.69) is 11.9 Å². The van der Waals surface area contributed by atoms with Crippen molar-refractivity contribution in [1.29, 1.82) is 0 Å². The van der Waals surface area contributed by atoms with Crippen LogP contribution in [-0.2, 0) is 4.79 Å². The van der Waals surface area contributed by atoms with E-state index in [4.69, 9.17) is 0 Å². The monoisotopic (exact) mass is 171 g/mol. The highest BCUT2D eigenvalue weighted by atomic mass is 32.2. The van der Waals surface area contributed by atoms with Gasteiger partial charge in [0.05, 0.1) is 11.1 Å². The third-order valence-corrected chi connectivity index (χ3v) is 2.64. The number of ketones is 1. The molecule has 0 aromatic carbocycles. The molecule has 1 atom stereocenters. The number of carbonyl (C=O) groups is 1. The number of hydrogen-bond donors (Lipinski definition) is 1. The standard InChI is InChI=1S/C8H13NOS/c1-5(2)8(10)7-4-11-6(3)9-7/h5,7,9H,3-4H2,1-2H3. The molecule has 0 radical (unpaired) electrons. The van der Waals surface area contributed by atoms with Gasteiger partial charge < -0.3 is 5.32 Å². The smallest absolute Gasteiger partial charge is 0.158 e. The quantitative estimate of drug-likeness (QED) is 0.680. The molecular weight excluding hydrogens is 158 g/mol. The maximum atomic E-state index is 11.4. The molecule has 1 N–H and O–H groups in total. The molecule has 0 aromatic rings. The van der Waals surface area contributed by atoms with Crippen LogP contribution >= 0.6 is 11.8 Å². The highest BCUT2D eigenvalue weighted by Gasteiger charge is 2.26. The van der Waals surface area contributed by atoms with Gasteiger partial charge in [-0.1, -0.05) is 20.4 Å². The lowest BCUT2D eigenvalue weighted by molar-refractivity contribution is -0.123. The van der Waals surface area contributed by atoms with Crippen molar-refractivity contribution in [2.75, 3.05) is 5.75 Å². The van der Waals surface area contributed by atoms with Crippen LogP contribution in [-0.4, -0.2) is 17.6 Å². The van der Waals surface area contributed by atoms with Gasteiger partial charge in [0.15, 0.2) is 5.78 Å². The predicted molar refractivity (Wildman–Crippen MR) is 48.4 cm³/mol. The molecule has 2 nitrogen and oxygen atoms in total. The third kappa shape index (κ3) is 1.99. The predicted octanol–water partition coefficient (Wildman–Crippen LogP) is 1.39. The van der Waals surface area contributed by atoms with E-state index in [-0.39, 0.29) is 17.7 Å². The molecule has 1 rings (SSSR count). The van der Waals surface area contributed by atoms with Crippen molar-refractivity contribution in [3.63, 3.8) is 0 Å². The number of Topliss-reactive ketones (excluding diaryl/α,β-unsaturated/α-hetero) is 1. The van der Waals surface area contributed by atoms with Gasteiger partial charge in [0, 0.05) is 11.7 Å². The molecule has 1 heterocycles. The summed E-state index contributed by atoms with van der Waals surface area (Å²) in [7, 11) is 0. The molecule has 1 aliphatic rings. The van der Waals surface area contributed by atoms with Crippen LogP contribution in [0.15, 0.2) is 11.6 Å². The van der Waals surface area contributed by atoms with Crippen LogP contribution in [0, 0.1) is 5.92 Å². The minimum atomic E-state index is 0.00694. The Morgan fingerprint density at radius 3 is 2.82 bits per heavy atom. The maximum Gasteiger partial charge on any atom is 0.158 e. The average Bonchev–Trinajstić information content (AvgIpc) is 2.34. The molecule has 0 amide bonds. The molecule has 0 aliphatic carbocycles. The highest BCUT2D eigenvalue weighted by molar-refractivity contribution is 8.03.